The Bertz CT molecular complexity index is 824. The molecule has 0 radical (unpaired) electrons. The van der Waals surface area contributed by atoms with E-state index in [9.17, 15) is 4.79 Å². The lowest BCUT2D eigenvalue weighted by atomic mass is 10.0. The molecule has 0 aliphatic carbocycles. The number of hydrogen-bond acceptors (Lipinski definition) is 2. The van der Waals surface area contributed by atoms with Gasteiger partial charge in [-0.1, -0.05) is 49.4 Å². The van der Waals surface area contributed by atoms with Crippen molar-refractivity contribution < 1.29 is 4.79 Å². The molecule has 24 heavy (non-hydrogen) atoms. The molecule has 0 aliphatic heterocycles. The van der Waals surface area contributed by atoms with E-state index in [0.29, 0.717) is 12.1 Å². The maximum absolute atomic E-state index is 11.8. The SMILES string of the molecule is CNC(=O)c1cccc(Cn2ccnc2[C@@H](C)c2ccccc2)c1. The summed E-state index contributed by atoms with van der Waals surface area (Å²) in [5.74, 6) is 1.16. The molecule has 1 N–H and O–H groups in total. The zero-order valence-corrected chi connectivity index (χ0v) is 13.9. The summed E-state index contributed by atoms with van der Waals surface area (Å²) in [6.45, 7) is 2.85. The van der Waals surface area contributed by atoms with E-state index in [1.54, 1.807) is 7.05 Å². The first-order valence-electron chi connectivity index (χ1n) is 8.06. The molecule has 3 aromatic rings. The fourth-order valence-corrected chi connectivity index (χ4v) is 2.88. The number of imidazole rings is 1. The zero-order valence-electron chi connectivity index (χ0n) is 13.9. The summed E-state index contributed by atoms with van der Waals surface area (Å²) in [6, 6.07) is 18.1. The van der Waals surface area contributed by atoms with Crippen LogP contribution in [0.1, 0.15) is 40.2 Å². The number of amides is 1. The Morgan fingerprint density at radius 2 is 1.96 bits per heavy atom. The quantitative estimate of drug-likeness (QED) is 0.783. The van der Waals surface area contributed by atoms with Gasteiger partial charge in [-0.3, -0.25) is 4.79 Å². The van der Waals surface area contributed by atoms with Crippen LogP contribution in [-0.2, 0) is 6.54 Å². The first-order valence-corrected chi connectivity index (χ1v) is 8.06. The second-order valence-corrected chi connectivity index (χ2v) is 5.83. The molecule has 0 saturated carbocycles. The largest absolute Gasteiger partial charge is 0.355 e. The lowest BCUT2D eigenvalue weighted by Gasteiger charge is -2.15. The van der Waals surface area contributed by atoms with Crippen molar-refractivity contribution >= 4 is 5.91 Å². The van der Waals surface area contributed by atoms with E-state index < -0.39 is 0 Å². The van der Waals surface area contributed by atoms with Crippen molar-refractivity contribution in [1.29, 1.82) is 0 Å². The fourth-order valence-electron chi connectivity index (χ4n) is 2.88. The number of nitrogens with zero attached hydrogens (tertiary/aromatic N) is 2. The fraction of sp³-hybridized carbons (Fsp3) is 0.200. The topological polar surface area (TPSA) is 46.9 Å². The van der Waals surface area contributed by atoms with Gasteiger partial charge in [0.1, 0.15) is 5.82 Å². The highest BCUT2D eigenvalue weighted by Crippen LogP contribution is 2.23. The molecule has 122 valence electrons. The Morgan fingerprint density at radius 1 is 1.17 bits per heavy atom. The van der Waals surface area contributed by atoms with Crippen LogP contribution in [0.25, 0.3) is 0 Å². The van der Waals surface area contributed by atoms with Gasteiger partial charge in [-0.15, -0.1) is 0 Å². The van der Waals surface area contributed by atoms with Gasteiger partial charge in [-0.25, -0.2) is 4.98 Å². The van der Waals surface area contributed by atoms with Gasteiger partial charge in [0, 0.05) is 37.5 Å². The molecule has 0 fully saturated rings. The predicted molar refractivity (Wildman–Crippen MR) is 95.1 cm³/mol. The summed E-state index contributed by atoms with van der Waals surface area (Å²) in [4.78, 5) is 16.3. The molecule has 4 nitrogen and oxygen atoms in total. The van der Waals surface area contributed by atoms with Gasteiger partial charge >= 0.3 is 0 Å². The highest BCUT2D eigenvalue weighted by atomic mass is 16.1. The summed E-state index contributed by atoms with van der Waals surface area (Å²) >= 11 is 0. The maximum Gasteiger partial charge on any atom is 0.251 e. The Hall–Kier alpha value is -2.88. The minimum Gasteiger partial charge on any atom is -0.355 e. The first-order chi connectivity index (χ1) is 11.7. The van der Waals surface area contributed by atoms with Gasteiger partial charge in [-0.2, -0.15) is 0 Å². The second-order valence-electron chi connectivity index (χ2n) is 5.83. The highest BCUT2D eigenvalue weighted by molar-refractivity contribution is 5.94. The van der Waals surface area contributed by atoms with E-state index in [0.717, 1.165) is 11.4 Å². The molecule has 1 amide bonds. The Morgan fingerprint density at radius 3 is 2.71 bits per heavy atom. The van der Waals surface area contributed by atoms with Gasteiger partial charge in [0.25, 0.3) is 5.91 Å². The minimum atomic E-state index is -0.0691. The monoisotopic (exact) mass is 319 g/mol. The van der Waals surface area contributed by atoms with Gasteiger partial charge in [0.2, 0.25) is 0 Å². The van der Waals surface area contributed by atoms with Crippen LogP contribution in [0.5, 0.6) is 0 Å². The first kappa shape index (κ1) is 16.0. The van der Waals surface area contributed by atoms with Crippen LogP contribution < -0.4 is 5.32 Å². The third-order valence-electron chi connectivity index (χ3n) is 4.20. The summed E-state index contributed by atoms with van der Waals surface area (Å²) in [5, 5.41) is 2.66. The van der Waals surface area contributed by atoms with E-state index in [4.69, 9.17) is 0 Å². The molecule has 2 aromatic carbocycles. The zero-order chi connectivity index (χ0) is 16.9. The molecule has 0 aliphatic rings. The Labute approximate surface area is 142 Å². The van der Waals surface area contributed by atoms with Crippen LogP contribution in [-0.4, -0.2) is 22.5 Å². The van der Waals surface area contributed by atoms with Crippen molar-refractivity contribution in [2.75, 3.05) is 7.05 Å². The van der Waals surface area contributed by atoms with Gasteiger partial charge < -0.3 is 9.88 Å². The molecule has 3 rings (SSSR count). The smallest absolute Gasteiger partial charge is 0.251 e. The Kier molecular flexibility index (Phi) is 4.75. The lowest BCUT2D eigenvalue weighted by Crippen LogP contribution is -2.18. The van der Waals surface area contributed by atoms with Gasteiger partial charge in [0.15, 0.2) is 0 Å². The number of hydrogen-bond donors (Lipinski definition) is 1. The van der Waals surface area contributed by atoms with Crippen LogP contribution >= 0.6 is 0 Å². The third kappa shape index (κ3) is 3.38. The van der Waals surface area contributed by atoms with Crippen LogP contribution in [0, 0.1) is 0 Å². The molecule has 1 heterocycles. The summed E-state index contributed by atoms with van der Waals surface area (Å²) in [6.07, 6.45) is 3.82. The van der Waals surface area contributed by atoms with Gasteiger partial charge in [0.05, 0.1) is 0 Å². The maximum atomic E-state index is 11.8. The molecule has 0 spiro atoms. The average Bonchev–Trinajstić information content (AvgIpc) is 3.09. The third-order valence-corrected chi connectivity index (χ3v) is 4.20. The summed E-state index contributed by atoms with van der Waals surface area (Å²) < 4.78 is 2.14. The van der Waals surface area contributed by atoms with Crippen molar-refractivity contribution in [3.05, 3.63) is 89.5 Å². The van der Waals surface area contributed by atoms with Crippen molar-refractivity contribution in [1.82, 2.24) is 14.9 Å². The Balaban J connectivity index is 1.85. The normalized spacial score (nSPS) is 11.9. The van der Waals surface area contributed by atoms with Crippen LogP contribution in [0.2, 0.25) is 0 Å². The molecular weight excluding hydrogens is 298 g/mol. The predicted octanol–water partition coefficient (Wildman–Crippen LogP) is 3.44. The van der Waals surface area contributed by atoms with Crippen molar-refractivity contribution in [2.45, 2.75) is 19.4 Å². The van der Waals surface area contributed by atoms with E-state index in [1.807, 2.05) is 54.9 Å². The van der Waals surface area contributed by atoms with E-state index >= 15 is 0 Å². The average molecular weight is 319 g/mol. The van der Waals surface area contributed by atoms with E-state index in [1.165, 1.54) is 5.56 Å². The molecule has 0 bridgehead atoms. The highest BCUT2D eigenvalue weighted by Gasteiger charge is 2.14. The number of benzene rings is 2. The van der Waals surface area contributed by atoms with Crippen molar-refractivity contribution in [3.63, 3.8) is 0 Å². The number of aromatic nitrogens is 2. The molecule has 0 saturated heterocycles. The number of nitrogens with one attached hydrogen (secondary N) is 1. The standard InChI is InChI=1S/C20H21N3O/c1-15(17-8-4-3-5-9-17)19-22-11-12-23(19)14-16-7-6-10-18(13-16)20(24)21-2/h3-13,15H,14H2,1-2H3,(H,21,24)/t15-/m0/s1. The minimum absolute atomic E-state index is 0.0691. The number of carbonyl (C=O) groups is 1. The van der Waals surface area contributed by atoms with Crippen molar-refractivity contribution in [3.8, 4) is 0 Å². The lowest BCUT2D eigenvalue weighted by molar-refractivity contribution is 0.0963. The van der Waals surface area contributed by atoms with E-state index in [2.05, 4.69) is 33.9 Å². The van der Waals surface area contributed by atoms with Crippen molar-refractivity contribution in [2.24, 2.45) is 0 Å². The number of rotatable bonds is 5. The molecule has 4 heteroatoms. The molecular formula is C20H21N3O. The summed E-state index contributed by atoms with van der Waals surface area (Å²) in [7, 11) is 1.64. The van der Waals surface area contributed by atoms with Crippen LogP contribution in [0.3, 0.4) is 0 Å². The second kappa shape index (κ2) is 7.13. The van der Waals surface area contributed by atoms with Crippen LogP contribution in [0.15, 0.2) is 67.0 Å². The molecule has 1 aromatic heterocycles. The molecule has 1 atom stereocenters. The summed E-state index contributed by atoms with van der Waals surface area (Å²) in [5.41, 5.74) is 2.99. The van der Waals surface area contributed by atoms with Gasteiger partial charge in [-0.05, 0) is 23.3 Å². The number of carbonyl (C=O) groups excluding carboxylic acids is 1. The molecule has 0 unspecified atom stereocenters. The van der Waals surface area contributed by atoms with Crippen LogP contribution in [0.4, 0.5) is 0 Å². The van der Waals surface area contributed by atoms with E-state index in [-0.39, 0.29) is 11.8 Å².